The van der Waals surface area contributed by atoms with Crippen molar-refractivity contribution < 1.29 is 9.50 Å². The van der Waals surface area contributed by atoms with Crippen LogP contribution >= 0.6 is 24.8 Å². The van der Waals surface area contributed by atoms with Gasteiger partial charge in [-0.3, -0.25) is 9.80 Å². The molecular formula is C22H29Cl2FN2O. The van der Waals surface area contributed by atoms with Crippen LogP contribution in [0.1, 0.15) is 40.6 Å². The van der Waals surface area contributed by atoms with Gasteiger partial charge in [0.2, 0.25) is 0 Å². The molecular weight excluding hydrogens is 398 g/mol. The van der Waals surface area contributed by atoms with E-state index < -0.39 is 0 Å². The van der Waals surface area contributed by atoms with E-state index in [2.05, 4.69) is 34.9 Å². The Morgan fingerprint density at radius 2 is 1.64 bits per heavy atom. The average molecular weight is 427 g/mol. The Morgan fingerprint density at radius 3 is 2.29 bits per heavy atom. The van der Waals surface area contributed by atoms with E-state index in [1.54, 1.807) is 12.1 Å². The number of aliphatic hydroxyl groups is 1. The number of β-amino-alcohol motifs (C(OH)–C–C–N with tert-alkyl or cyclic N) is 1. The van der Waals surface area contributed by atoms with Gasteiger partial charge >= 0.3 is 0 Å². The third-order valence-electron chi connectivity index (χ3n) is 5.97. The summed E-state index contributed by atoms with van der Waals surface area (Å²) in [5.74, 6) is 0.166. The smallest absolute Gasteiger partial charge is 0.123 e. The average Bonchev–Trinajstić information content (AvgIpc) is 3.02. The first-order valence-electron chi connectivity index (χ1n) is 9.59. The number of nitrogens with zero attached hydrogens (tertiary/aromatic N) is 2. The van der Waals surface area contributed by atoms with Gasteiger partial charge in [0.15, 0.2) is 0 Å². The van der Waals surface area contributed by atoms with Crippen LogP contribution < -0.4 is 0 Å². The molecule has 0 spiro atoms. The molecule has 1 saturated heterocycles. The lowest BCUT2D eigenvalue weighted by Gasteiger charge is -2.38. The molecule has 0 bridgehead atoms. The Kier molecular flexibility index (Phi) is 8.29. The van der Waals surface area contributed by atoms with Gasteiger partial charge in [0, 0.05) is 44.7 Å². The molecule has 1 aliphatic carbocycles. The molecule has 154 valence electrons. The second-order valence-corrected chi connectivity index (χ2v) is 7.59. The van der Waals surface area contributed by atoms with Crippen molar-refractivity contribution in [1.82, 2.24) is 9.80 Å². The summed E-state index contributed by atoms with van der Waals surface area (Å²) in [6.07, 6.45) is 1.06. The minimum absolute atomic E-state index is 0. The maximum atomic E-state index is 13.4. The highest BCUT2D eigenvalue weighted by Crippen LogP contribution is 2.47. The normalized spacial score (nSPS) is 22.2. The first-order chi connectivity index (χ1) is 12.7. The van der Waals surface area contributed by atoms with E-state index in [0.717, 1.165) is 39.1 Å². The largest absolute Gasteiger partial charge is 0.395 e. The molecule has 1 fully saturated rings. The Hall–Kier alpha value is -1.17. The van der Waals surface area contributed by atoms with Crippen LogP contribution in [0.3, 0.4) is 0 Å². The number of aliphatic hydroxyl groups excluding tert-OH is 1. The number of hydrogen-bond donors (Lipinski definition) is 1. The van der Waals surface area contributed by atoms with Crippen LogP contribution in [0.5, 0.6) is 0 Å². The van der Waals surface area contributed by atoms with Gasteiger partial charge in [-0.25, -0.2) is 4.39 Å². The molecule has 1 heterocycles. The van der Waals surface area contributed by atoms with E-state index in [9.17, 15) is 4.39 Å². The Morgan fingerprint density at radius 1 is 0.964 bits per heavy atom. The maximum absolute atomic E-state index is 13.4. The van der Waals surface area contributed by atoms with Crippen LogP contribution in [-0.2, 0) is 0 Å². The quantitative estimate of drug-likeness (QED) is 0.794. The van der Waals surface area contributed by atoms with E-state index in [4.69, 9.17) is 5.11 Å². The van der Waals surface area contributed by atoms with E-state index >= 15 is 0 Å². The van der Waals surface area contributed by atoms with Crippen molar-refractivity contribution in [3.63, 3.8) is 0 Å². The van der Waals surface area contributed by atoms with Crippen molar-refractivity contribution in [3.05, 3.63) is 70.5 Å². The zero-order valence-corrected chi connectivity index (χ0v) is 17.8. The Bertz CT molecular complexity index is 764. The summed E-state index contributed by atoms with van der Waals surface area (Å²) in [7, 11) is 0. The molecule has 0 amide bonds. The number of piperazine rings is 1. The summed E-state index contributed by atoms with van der Waals surface area (Å²) in [6.45, 7) is 7.26. The fourth-order valence-electron chi connectivity index (χ4n) is 4.57. The molecule has 2 aliphatic rings. The molecule has 0 aromatic heterocycles. The summed E-state index contributed by atoms with van der Waals surface area (Å²) in [5.41, 5.74) is 5.34. The van der Waals surface area contributed by atoms with Crippen molar-refractivity contribution >= 4 is 24.8 Å². The van der Waals surface area contributed by atoms with Crippen LogP contribution in [0.25, 0.3) is 0 Å². The molecule has 0 saturated carbocycles. The lowest BCUT2D eigenvalue weighted by Crippen LogP contribution is -2.48. The topological polar surface area (TPSA) is 26.7 Å². The predicted molar refractivity (Wildman–Crippen MR) is 116 cm³/mol. The third kappa shape index (κ3) is 4.69. The fourth-order valence-corrected chi connectivity index (χ4v) is 4.57. The molecule has 6 heteroatoms. The van der Waals surface area contributed by atoms with E-state index in [1.165, 1.54) is 22.3 Å². The number of halogens is 3. The summed E-state index contributed by atoms with van der Waals surface area (Å²) in [6, 6.07) is 14.2. The lowest BCUT2D eigenvalue weighted by atomic mass is 9.92. The summed E-state index contributed by atoms with van der Waals surface area (Å²) < 4.78 is 13.4. The fraction of sp³-hybridized carbons (Fsp3) is 0.455. The Labute approximate surface area is 179 Å². The standard InChI is InChI=1S/C22H27FN2O.2ClH/c1-16-2-7-19-20(17-3-5-18(23)6-4-17)15-22(21(19)14-16)25-10-8-24(9-11-25)12-13-26;;/h2-7,14,20,22,26H,8-13,15H2,1H3;2*1H. The maximum Gasteiger partial charge on any atom is 0.123 e. The van der Waals surface area contributed by atoms with Crippen molar-refractivity contribution in [1.29, 1.82) is 0 Å². The molecule has 2 aromatic rings. The predicted octanol–water partition coefficient (Wildman–Crippen LogP) is 4.16. The highest BCUT2D eigenvalue weighted by atomic mass is 35.5. The number of benzene rings is 2. The number of hydrogen-bond acceptors (Lipinski definition) is 3. The van der Waals surface area contributed by atoms with Gasteiger partial charge in [-0.15, -0.1) is 24.8 Å². The van der Waals surface area contributed by atoms with Gasteiger partial charge in [-0.2, -0.15) is 0 Å². The third-order valence-corrected chi connectivity index (χ3v) is 5.97. The van der Waals surface area contributed by atoms with E-state index in [-0.39, 0.29) is 37.2 Å². The second-order valence-electron chi connectivity index (χ2n) is 7.59. The van der Waals surface area contributed by atoms with Gasteiger partial charge in [0.05, 0.1) is 6.61 Å². The summed E-state index contributed by atoms with van der Waals surface area (Å²) >= 11 is 0. The van der Waals surface area contributed by atoms with Crippen molar-refractivity contribution in [2.75, 3.05) is 39.3 Å². The van der Waals surface area contributed by atoms with E-state index in [0.29, 0.717) is 12.0 Å². The highest BCUT2D eigenvalue weighted by molar-refractivity contribution is 5.85. The zero-order valence-electron chi connectivity index (χ0n) is 16.2. The highest BCUT2D eigenvalue weighted by Gasteiger charge is 2.36. The summed E-state index contributed by atoms with van der Waals surface area (Å²) in [5, 5.41) is 9.15. The van der Waals surface area contributed by atoms with Gasteiger partial charge in [-0.1, -0.05) is 35.9 Å². The van der Waals surface area contributed by atoms with Crippen LogP contribution in [-0.4, -0.2) is 54.2 Å². The molecule has 1 N–H and O–H groups in total. The molecule has 1 aliphatic heterocycles. The molecule has 3 nitrogen and oxygen atoms in total. The molecule has 4 rings (SSSR count). The van der Waals surface area contributed by atoms with Crippen molar-refractivity contribution in [3.8, 4) is 0 Å². The zero-order chi connectivity index (χ0) is 18.1. The van der Waals surface area contributed by atoms with Gasteiger partial charge in [0.1, 0.15) is 5.82 Å². The number of fused-ring (bicyclic) bond motifs is 1. The number of aryl methyl sites for hydroxylation is 1. The first kappa shape index (κ1) is 23.1. The van der Waals surface area contributed by atoms with Crippen molar-refractivity contribution in [2.24, 2.45) is 0 Å². The number of rotatable bonds is 4. The van der Waals surface area contributed by atoms with E-state index in [1.807, 2.05) is 12.1 Å². The lowest BCUT2D eigenvalue weighted by molar-refractivity contribution is 0.0827. The minimum atomic E-state index is -0.174. The van der Waals surface area contributed by atoms with Gasteiger partial charge in [0.25, 0.3) is 0 Å². The first-order valence-corrected chi connectivity index (χ1v) is 9.59. The molecule has 2 atom stereocenters. The van der Waals surface area contributed by atoms with Crippen molar-refractivity contribution in [2.45, 2.75) is 25.3 Å². The van der Waals surface area contributed by atoms with Crippen LogP contribution in [0.15, 0.2) is 42.5 Å². The minimum Gasteiger partial charge on any atom is -0.395 e. The monoisotopic (exact) mass is 426 g/mol. The van der Waals surface area contributed by atoms with Crippen LogP contribution in [0, 0.1) is 12.7 Å². The van der Waals surface area contributed by atoms with Gasteiger partial charge in [-0.05, 0) is 42.2 Å². The molecule has 2 aromatic carbocycles. The molecule has 0 radical (unpaired) electrons. The van der Waals surface area contributed by atoms with Crippen LogP contribution in [0.2, 0.25) is 0 Å². The molecule has 28 heavy (non-hydrogen) atoms. The van der Waals surface area contributed by atoms with Crippen LogP contribution in [0.4, 0.5) is 4.39 Å². The van der Waals surface area contributed by atoms with Gasteiger partial charge < -0.3 is 5.11 Å². The molecule has 2 unspecified atom stereocenters. The summed E-state index contributed by atoms with van der Waals surface area (Å²) in [4.78, 5) is 4.93. The Balaban J connectivity index is 0.00000140. The SMILES string of the molecule is Cc1ccc2c(c1)C(N1CCN(CCO)CC1)CC2c1ccc(F)cc1.Cl.Cl. The second kappa shape index (κ2) is 10.0.